The van der Waals surface area contributed by atoms with Gasteiger partial charge >= 0.3 is 11.9 Å². The van der Waals surface area contributed by atoms with Crippen molar-refractivity contribution in [3.05, 3.63) is 108 Å². The predicted octanol–water partition coefficient (Wildman–Crippen LogP) is 3.36. The second kappa shape index (κ2) is 17.4. The second-order valence-electron chi connectivity index (χ2n) is 12.9. The lowest BCUT2D eigenvalue weighted by molar-refractivity contribution is -0.149. The van der Waals surface area contributed by atoms with Crippen molar-refractivity contribution in [2.24, 2.45) is 12.8 Å². The lowest BCUT2D eigenvalue weighted by atomic mass is 10.0. The summed E-state index contributed by atoms with van der Waals surface area (Å²) >= 11 is 0. The number of aromatic nitrogens is 1. The Bertz CT molecular complexity index is 1830. The molecule has 2 heterocycles. The number of fused-ring (bicyclic) bond motifs is 1. The Hall–Kier alpha value is -5.49. The van der Waals surface area contributed by atoms with Gasteiger partial charge in [0.2, 0.25) is 17.7 Å². The maximum absolute atomic E-state index is 14.1. The number of aryl methyl sites for hydroxylation is 1. The van der Waals surface area contributed by atoms with Crippen molar-refractivity contribution in [1.29, 1.82) is 0 Å². The van der Waals surface area contributed by atoms with E-state index in [9.17, 15) is 29.1 Å². The molecule has 1 aliphatic rings. The summed E-state index contributed by atoms with van der Waals surface area (Å²) in [5.41, 5.74) is 9.26. The number of nitrogens with two attached hydrogens (primary N) is 1. The van der Waals surface area contributed by atoms with Gasteiger partial charge in [-0.2, -0.15) is 0 Å². The molecule has 4 aromatic rings. The third-order valence-electron chi connectivity index (χ3n) is 9.30. The number of carboxylic acid groups (broad SMARTS) is 1. The van der Waals surface area contributed by atoms with Crippen LogP contribution in [0.5, 0.6) is 0 Å². The quantitative estimate of drug-likeness (QED) is 0.102. The van der Waals surface area contributed by atoms with Gasteiger partial charge in [0.1, 0.15) is 18.1 Å². The summed E-state index contributed by atoms with van der Waals surface area (Å²) in [6.45, 7) is 0.443. The minimum Gasteiger partial charge on any atom is -0.480 e. The maximum Gasteiger partial charge on any atom is 0.338 e. The first-order chi connectivity index (χ1) is 24.6. The molecular formula is C39H45N5O7. The molecule has 12 nitrogen and oxygen atoms in total. The highest BCUT2D eigenvalue weighted by Crippen LogP contribution is 2.22. The molecule has 1 saturated heterocycles. The number of rotatable bonds is 16. The van der Waals surface area contributed by atoms with E-state index in [0.29, 0.717) is 31.2 Å². The molecule has 3 amide bonds. The number of carboxylic acids is 1. The lowest BCUT2D eigenvalue weighted by Gasteiger charge is -2.29. The number of ether oxygens (including phenoxy) is 1. The summed E-state index contributed by atoms with van der Waals surface area (Å²) in [4.78, 5) is 67.0. The van der Waals surface area contributed by atoms with E-state index in [1.54, 1.807) is 24.3 Å². The van der Waals surface area contributed by atoms with E-state index in [1.165, 1.54) is 4.90 Å². The molecule has 0 bridgehead atoms. The Labute approximate surface area is 296 Å². The van der Waals surface area contributed by atoms with Crippen LogP contribution in [0, 0.1) is 0 Å². The number of hydrogen-bond donors (Lipinski definition) is 4. The van der Waals surface area contributed by atoms with Crippen LogP contribution in [0.15, 0.2) is 91.0 Å². The first-order valence-corrected chi connectivity index (χ1v) is 17.3. The number of hydrogen-bond acceptors (Lipinski definition) is 7. The van der Waals surface area contributed by atoms with E-state index in [4.69, 9.17) is 10.5 Å². The molecular weight excluding hydrogens is 650 g/mol. The molecule has 51 heavy (non-hydrogen) atoms. The molecule has 1 aliphatic heterocycles. The van der Waals surface area contributed by atoms with Crippen LogP contribution in [-0.2, 0) is 43.8 Å². The van der Waals surface area contributed by atoms with Crippen molar-refractivity contribution in [3.8, 4) is 0 Å². The topological polar surface area (TPSA) is 173 Å². The number of para-hydroxylation sites is 1. The minimum atomic E-state index is -1.10. The number of aliphatic carboxylic acids is 1. The van der Waals surface area contributed by atoms with E-state index in [1.807, 2.05) is 78.3 Å². The van der Waals surface area contributed by atoms with Gasteiger partial charge in [-0.25, -0.2) is 9.59 Å². The molecule has 0 saturated carbocycles. The van der Waals surface area contributed by atoms with Crippen LogP contribution < -0.4 is 16.4 Å². The Morgan fingerprint density at radius 1 is 0.863 bits per heavy atom. The molecule has 1 aromatic heterocycles. The van der Waals surface area contributed by atoms with Crippen LogP contribution in [0.25, 0.3) is 10.9 Å². The van der Waals surface area contributed by atoms with Crippen LogP contribution in [0.2, 0.25) is 0 Å². The number of carbonyl (C=O) groups excluding carboxylic acids is 4. The zero-order valence-corrected chi connectivity index (χ0v) is 28.7. The number of nitrogens with one attached hydrogen (secondary N) is 2. The van der Waals surface area contributed by atoms with Gasteiger partial charge in [0, 0.05) is 37.6 Å². The number of benzene rings is 3. The Morgan fingerprint density at radius 2 is 1.53 bits per heavy atom. The zero-order chi connectivity index (χ0) is 36.3. The highest BCUT2D eigenvalue weighted by molar-refractivity contribution is 5.95. The minimum absolute atomic E-state index is 0.110. The van der Waals surface area contributed by atoms with Crippen molar-refractivity contribution in [2.45, 2.75) is 69.1 Å². The molecule has 0 aliphatic carbocycles. The van der Waals surface area contributed by atoms with Gasteiger partial charge in [-0.3, -0.25) is 14.4 Å². The summed E-state index contributed by atoms with van der Waals surface area (Å²) in [5.74, 6) is -3.13. The molecule has 5 rings (SSSR count). The van der Waals surface area contributed by atoms with Gasteiger partial charge in [-0.1, -0.05) is 66.7 Å². The number of unbranched alkanes of at least 4 members (excludes halogenated alkanes) is 1. The number of esters is 1. The average molecular weight is 696 g/mol. The molecule has 1 fully saturated rings. The first-order valence-electron chi connectivity index (χ1n) is 17.3. The summed E-state index contributed by atoms with van der Waals surface area (Å²) < 4.78 is 7.28. The highest BCUT2D eigenvalue weighted by atomic mass is 16.5. The van der Waals surface area contributed by atoms with Crippen molar-refractivity contribution < 1.29 is 33.8 Å². The second-order valence-corrected chi connectivity index (χ2v) is 12.9. The molecule has 3 aromatic carbocycles. The average Bonchev–Trinajstić information content (AvgIpc) is 3.76. The van der Waals surface area contributed by atoms with Crippen molar-refractivity contribution in [1.82, 2.24) is 20.1 Å². The van der Waals surface area contributed by atoms with Crippen LogP contribution in [0.3, 0.4) is 0 Å². The number of likely N-dealkylation sites (tertiary alicyclic amines) is 1. The first kappa shape index (κ1) is 36.8. The standard InChI is InChI=1S/C39H45N5O7/c1-43-29(24-28-17-8-9-19-33(28)43)25-31(41-35(45)30(40)18-10-11-22-51-39(50)27-15-6-3-7-16-27)36(46)42-32(23-26-13-4-2-5-14-26)37(47)44-21-12-20-34(44)38(48)49/h2-9,13-17,19,24,30-32,34H,10-12,18,20-23,25,40H2,1H3,(H,41,45)(H,42,46)(H,48,49)/t30-,31+,32-,34+/m0/s1. The fourth-order valence-corrected chi connectivity index (χ4v) is 6.47. The van der Waals surface area contributed by atoms with Crippen molar-refractivity contribution >= 4 is 40.6 Å². The van der Waals surface area contributed by atoms with Gasteiger partial charge in [0.25, 0.3) is 0 Å². The summed E-state index contributed by atoms with van der Waals surface area (Å²) in [5, 5.41) is 16.4. The third-order valence-corrected chi connectivity index (χ3v) is 9.30. The predicted molar refractivity (Wildman–Crippen MR) is 192 cm³/mol. The zero-order valence-electron chi connectivity index (χ0n) is 28.7. The van der Waals surface area contributed by atoms with Crippen LogP contribution in [-0.4, -0.2) is 81.6 Å². The summed E-state index contributed by atoms with van der Waals surface area (Å²) in [6.07, 6.45) is 2.41. The molecule has 0 spiro atoms. The summed E-state index contributed by atoms with van der Waals surface area (Å²) in [7, 11) is 1.88. The van der Waals surface area contributed by atoms with Gasteiger partial charge in [0.05, 0.1) is 18.2 Å². The Kier molecular flexibility index (Phi) is 12.6. The van der Waals surface area contributed by atoms with E-state index in [-0.39, 0.29) is 32.4 Å². The third kappa shape index (κ3) is 9.61. The summed E-state index contributed by atoms with van der Waals surface area (Å²) in [6, 6.07) is 23.5. The smallest absolute Gasteiger partial charge is 0.338 e. The Morgan fingerprint density at radius 3 is 2.24 bits per heavy atom. The number of nitrogens with zero attached hydrogens (tertiary/aromatic N) is 2. The molecule has 268 valence electrons. The largest absolute Gasteiger partial charge is 0.480 e. The normalized spacial score (nSPS) is 15.9. The molecule has 4 atom stereocenters. The van der Waals surface area contributed by atoms with Crippen LogP contribution in [0.4, 0.5) is 0 Å². The van der Waals surface area contributed by atoms with Gasteiger partial charge in [0.15, 0.2) is 0 Å². The highest BCUT2D eigenvalue weighted by Gasteiger charge is 2.38. The van der Waals surface area contributed by atoms with Crippen molar-refractivity contribution in [2.75, 3.05) is 13.2 Å². The van der Waals surface area contributed by atoms with Crippen LogP contribution >= 0.6 is 0 Å². The molecule has 0 radical (unpaired) electrons. The molecule has 5 N–H and O–H groups in total. The van der Waals surface area contributed by atoms with E-state index >= 15 is 0 Å². The fourth-order valence-electron chi connectivity index (χ4n) is 6.47. The van der Waals surface area contributed by atoms with E-state index in [0.717, 1.165) is 22.2 Å². The molecule has 0 unspecified atom stereocenters. The Balaban J connectivity index is 1.29. The fraction of sp³-hybridized carbons (Fsp3) is 0.359. The number of amides is 3. The van der Waals surface area contributed by atoms with Gasteiger partial charge in [-0.05, 0) is 67.3 Å². The van der Waals surface area contributed by atoms with Gasteiger partial charge in [-0.15, -0.1) is 0 Å². The van der Waals surface area contributed by atoms with E-state index in [2.05, 4.69) is 10.6 Å². The maximum atomic E-state index is 14.1. The van der Waals surface area contributed by atoms with Crippen molar-refractivity contribution in [3.63, 3.8) is 0 Å². The van der Waals surface area contributed by atoms with E-state index < -0.39 is 53.8 Å². The SMILES string of the molecule is Cn1c(C[C@@H](NC(=O)[C@@H](N)CCCCOC(=O)c2ccccc2)C(=O)N[C@@H](Cc2ccccc2)C(=O)N2CCC[C@@H]2C(=O)O)cc2ccccc21. The molecule has 12 heteroatoms. The number of carbonyl (C=O) groups is 5. The van der Waals surface area contributed by atoms with Crippen LogP contribution in [0.1, 0.15) is 53.7 Å². The van der Waals surface area contributed by atoms with Gasteiger partial charge < -0.3 is 35.7 Å². The monoisotopic (exact) mass is 695 g/mol. The lowest BCUT2D eigenvalue weighted by Crippen LogP contribution is -2.58.